The van der Waals surface area contributed by atoms with Crippen LogP contribution in [-0.2, 0) is 19.2 Å². The number of benzene rings is 1. The number of hydrogen-bond acceptors (Lipinski definition) is 4. The van der Waals surface area contributed by atoms with E-state index in [0.29, 0.717) is 24.6 Å². The van der Waals surface area contributed by atoms with Gasteiger partial charge in [-0.15, -0.1) is 0 Å². The molecule has 1 heterocycles. The number of amides is 1. The van der Waals surface area contributed by atoms with Crippen molar-refractivity contribution in [2.75, 3.05) is 13.1 Å². The highest BCUT2D eigenvalue weighted by Crippen LogP contribution is 2.18. The molecule has 2 aromatic rings. The Bertz CT molecular complexity index is 880. The van der Waals surface area contributed by atoms with Crippen LogP contribution in [0.25, 0.3) is 0 Å². The maximum Gasteiger partial charge on any atom is 0.251 e. The summed E-state index contributed by atoms with van der Waals surface area (Å²) >= 11 is 0. The van der Waals surface area contributed by atoms with Crippen LogP contribution in [0.1, 0.15) is 56.1 Å². The number of guanidine groups is 1. The lowest BCUT2D eigenvalue weighted by molar-refractivity contribution is 0.0616. The third-order valence-electron chi connectivity index (χ3n) is 4.37. The predicted octanol–water partition coefficient (Wildman–Crippen LogP) is 1.91. The molecule has 1 unspecified atom stereocenters. The molecule has 30 heavy (non-hydrogen) atoms. The highest BCUT2D eigenvalue weighted by atomic mass is 16.3. The lowest BCUT2D eigenvalue weighted by Crippen LogP contribution is -2.44. The molecule has 1 amide bonds. The second-order valence-electron chi connectivity index (χ2n) is 8.63. The van der Waals surface area contributed by atoms with Crippen LogP contribution in [0.2, 0.25) is 0 Å². The number of carbonyl (C=O) groups is 1. The third kappa shape index (κ3) is 7.18. The average Bonchev–Trinajstić information content (AvgIpc) is 3.10. The lowest BCUT2D eigenvalue weighted by atomic mass is 10.00. The van der Waals surface area contributed by atoms with Crippen molar-refractivity contribution in [2.24, 2.45) is 12.0 Å². The summed E-state index contributed by atoms with van der Waals surface area (Å²) in [5, 5.41) is 24.2. The van der Waals surface area contributed by atoms with E-state index in [0.717, 1.165) is 11.1 Å². The van der Waals surface area contributed by atoms with E-state index >= 15 is 0 Å². The van der Waals surface area contributed by atoms with E-state index in [-0.39, 0.29) is 18.0 Å². The van der Waals surface area contributed by atoms with Gasteiger partial charge in [0.25, 0.3) is 5.91 Å². The molecular weight excluding hydrogens is 380 g/mol. The summed E-state index contributed by atoms with van der Waals surface area (Å²) in [7, 11) is 1.81. The zero-order valence-corrected chi connectivity index (χ0v) is 18.8. The van der Waals surface area contributed by atoms with Crippen molar-refractivity contribution in [3.8, 4) is 0 Å². The van der Waals surface area contributed by atoms with Gasteiger partial charge in [0.05, 0.1) is 19.3 Å². The van der Waals surface area contributed by atoms with Gasteiger partial charge in [0, 0.05) is 36.5 Å². The van der Waals surface area contributed by atoms with Crippen LogP contribution in [0.15, 0.2) is 41.7 Å². The number of aryl methyl sites for hydroxylation is 1. The molecule has 2 rings (SSSR count). The molecule has 4 N–H and O–H groups in total. The summed E-state index contributed by atoms with van der Waals surface area (Å²) in [6.07, 6.45) is 3.44. The molecule has 0 fully saturated rings. The lowest BCUT2D eigenvalue weighted by Gasteiger charge is -2.23. The van der Waals surface area contributed by atoms with E-state index in [9.17, 15) is 9.90 Å². The van der Waals surface area contributed by atoms with E-state index < -0.39 is 5.60 Å². The zero-order valence-electron chi connectivity index (χ0n) is 18.8. The molecule has 0 bridgehead atoms. The van der Waals surface area contributed by atoms with Crippen molar-refractivity contribution in [2.45, 2.75) is 52.3 Å². The summed E-state index contributed by atoms with van der Waals surface area (Å²) in [6.45, 7) is 10.9. The largest absolute Gasteiger partial charge is 0.383 e. The van der Waals surface area contributed by atoms with Crippen LogP contribution in [0, 0.1) is 0 Å². The molecule has 1 aromatic heterocycles. The fourth-order valence-electron chi connectivity index (χ4n) is 2.79. The summed E-state index contributed by atoms with van der Waals surface area (Å²) in [5.74, 6) is 0.483. The van der Waals surface area contributed by atoms with Crippen molar-refractivity contribution in [1.29, 1.82) is 0 Å². The van der Waals surface area contributed by atoms with Crippen molar-refractivity contribution >= 4 is 11.9 Å². The van der Waals surface area contributed by atoms with Gasteiger partial charge in [-0.2, -0.15) is 5.10 Å². The minimum Gasteiger partial charge on any atom is -0.383 e. The molecule has 0 aliphatic heterocycles. The van der Waals surface area contributed by atoms with E-state index in [1.54, 1.807) is 30.1 Å². The fourth-order valence-corrected chi connectivity index (χ4v) is 2.79. The van der Waals surface area contributed by atoms with Crippen molar-refractivity contribution < 1.29 is 9.90 Å². The van der Waals surface area contributed by atoms with Crippen LogP contribution in [0.4, 0.5) is 0 Å². The monoisotopic (exact) mass is 414 g/mol. The molecule has 0 spiro atoms. The van der Waals surface area contributed by atoms with Gasteiger partial charge in [0.15, 0.2) is 5.96 Å². The van der Waals surface area contributed by atoms with Crippen LogP contribution in [-0.4, -0.2) is 45.4 Å². The van der Waals surface area contributed by atoms with E-state index in [2.05, 4.69) is 26.0 Å². The molecule has 8 heteroatoms. The van der Waals surface area contributed by atoms with Crippen LogP contribution in [0.5, 0.6) is 0 Å². The maximum absolute atomic E-state index is 12.4. The highest BCUT2D eigenvalue weighted by molar-refractivity contribution is 5.94. The van der Waals surface area contributed by atoms with E-state index in [4.69, 9.17) is 0 Å². The standard InChI is InChI=1S/C22H34N6O2/c1-7-23-20(25-15-22(5,30)18-13-26-28(6)14-18)24-12-16-9-8-10-17(11-16)19(29)27-21(2,3)4/h8-11,13-14,30H,7,12,15H2,1-6H3,(H,27,29)(H2,23,24,25). The molecule has 1 aromatic carbocycles. The average molecular weight is 415 g/mol. The minimum atomic E-state index is -1.09. The van der Waals surface area contributed by atoms with Gasteiger partial charge in [0.2, 0.25) is 0 Å². The molecule has 164 valence electrons. The van der Waals surface area contributed by atoms with Gasteiger partial charge in [-0.1, -0.05) is 12.1 Å². The minimum absolute atomic E-state index is 0.106. The Morgan fingerprint density at radius 3 is 2.57 bits per heavy atom. The SMILES string of the molecule is CCNC(=NCc1cccc(C(=O)NC(C)(C)C)c1)NCC(C)(O)c1cnn(C)c1. The van der Waals surface area contributed by atoms with Gasteiger partial charge in [-0.3, -0.25) is 9.48 Å². The van der Waals surface area contributed by atoms with Crippen molar-refractivity contribution in [3.63, 3.8) is 0 Å². The zero-order chi connectivity index (χ0) is 22.4. The molecule has 1 atom stereocenters. The van der Waals surface area contributed by atoms with Gasteiger partial charge < -0.3 is 21.1 Å². The fraction of sp³-hybridized carbons (Fsp3) is 0.500. The molecule has 0 saturated carbocycles. The Labute approximate surface area is 178 Å². The molecule has 8 nitrogen and oxygen atoms in total. The first-order chi connectivity index (χ1) is 14.0. The summed E-state index contributed by atoms with van der Waals surface area (Å²) in [5.41, 5.74) is 0.877. The number of hydrogen-bond donors (Lipinski definition) is 4. The van der Waals surface area contributed by atoms with Gasteiger partial charge in [-0.05, 0) is 52.3 Å². The van der Waals surface area contributed by atoms with E-state index in [1.165, 1.54) is 0 Å². The smallest absolute Gasteiger partial charge is 0.251 e. The first kappa shape index (κ1) is 23.4. The number of aliphatic hydroxyl groups is 1. The quantitative estimate of drug-likeness (QED) is 0.409. The predicted molar refractivity (Wildman–Crippen MR) is 119 cm³/mol. The Morgan fingerprint density at radius 2 is 1.97 bits per heavy atom. The summed E-state index contributed by atoms with van der Waals surface area (Å²) in [4.78, 5) is 17.0. The van der Waals surface area contributed by atoms with Crippen LogP contribution >= 0.6 is 0 Å². The summed E-state index contributed by atoms with van der Waals surface area (Å²) < 4.78 is 1.66. The molecule has 0 aliphatic rings. The Morgan fingerprint density at radius 1 is 1.23 bits per heavy atom. The van der Waals surface area contributed by atoms with Crippen molar-refractivity contribution in [1.82, 2.24) is 25.7 Å². The second kappa shape index (κ2) is 9.75. The Hall–Kier alpha value is -2.87. The molecule has 0 aliphatic carbocycles. The van der Waals surface area contributed by atoms with Crippen LogP contribution in [0.3, 0.4) is 0 Å². The molecular formula is C22H34N6O2. The van der Waals surface area contributed by atoms with Crippen LogP contribution < -0.4 is 16.0 Å². The Kier molecular flexibility index (Phi) is 7.61. The summed E-state index contributed by atoms with van der Waals surface area (Å²) in [6, 6.07) is 7.44. The number of carbonyl (C=O) groups excluding carboxylic acids is 1. The number of aliphatic imine (C=N–C) groups is 1. The third-order valence-corrected chi connectivity index (χ3v) is 4.37. The normalized spacial score (nSPS) is 14.2. The number of rotatable bonds is 7. The van der Waals surface area contributed by atoms with Gasteiger partial charge >= 0.3 is 0 Å². The number of nitrogens with zero attached hydrogens (tertiary/aromatic N) is 3. The topological polar surface area (TPSA) is 104 Å². The first-order valence-corrected chi connectivity index (χ1v) is 10.2. The van der Waals surface area contributed by atoms with Crippen molar-refractivity contribution in [3.05, 3.63) is 53.3 Å². The first-order valence-electron chi connectivity index (χ1n) is 10.2. The van der Waals surface area contributed by atoms with Gasteiger partial charge in [-0.25, -0.2) is 4.99 Å². The van der Waals surface area contributed by atoms with E-state index in [1.807, 2.05) is 52.9 Å². The molecule has 0 radical (unpaired) electrons. The Balaban J connectivity index is 2.05. The maximum atomic E-state index is 12.4. The number of nitrogens with one attached hydrogen (secondary N) is 3. The second-order valence-corrected chi connectivity index (χ2v) is 8.63. The highest BCUT2D eigenvalue weighted by Gasteiger charge is 2.25. The number of aromatic nitrogens is 2. The van der Waals surface area contributed by atoms with Gasteiger partial charge in [0.1, 0.15) is 5.60 Å². The molecule has 0 saturated heterocycles.